The van der Waals surface area contributed by atoms with Crippen molar-refractivity contribution in [2.24, 2.45) is 0 Å². The van der Waals surface area contributed by atoms with E-state index >= 15 is 0 Å². The van der Waals surface area contributed by atoms with Crippen molar-refractivity contribution in [2.75, 3.05) is 13.2 Å². The van der Waals surface area contributed by atoms with E-state index in [4.69, 9.17) is 4.74 Å². The highest BCUT2D eigenvalue weighted by Crippen LogP contribution is 2.20. The van der Waals surface area contributed by atoms with Crippen molar-refractivity contribution in [1.82, 2.24) is 5.32 Å². The van der Waals surface area contributed by atoms with Crippen LogP contribution in [0.3, 0.4) is 0 Å². The van der Waals surface area contributed by atoms with Gasteiger partial charge in [0.05, 0.1) is 18.8 Å². The summed E-state index contributed by atoms with van der Waals surface area (Å²) in [6.45, 7) is 2.78. The van der Waals surface area contributed by atoms with Crippen LogP contribution in [0.15, 0.2) is 24.3 Å². The van der Waals surface area contributed by atoms with Crippen LogP contribution in [0.1, 0.15) is 50.6 Å². The predicted molar refractivity (Wildman–Crippen MR) is 81.6 cm³/mol. The van der Waals surface area contributed by atoms with E-state index in [-0.39, 0.29) is 11.9 Å². The smallest absolute Gasteiger partial charge is 0.123 e. The van der Waals surface area contributed by atoms with Gasteiger partial charge in [-0.15, -0.1) is 0 Å². The molecule has 0 saturated heterocycles. The van der Waals surface area contributed by atoms with Gasteiger partial charge in [0.1, 0.15) is 5.82 Å². The van der Waals surface area contributed by atoms with Crippen LogP contribution in [0.2, 0.25) is 0 Å². The first-order chi connectivity index (χ1) is 10.1. The minimum atomic E-state index is -0.525. The van der Waals surface area contributed by atoms with Crippen molar-refractivity contribution in [3.8, 4) is 0 Å². The molecule has 2 atom stereocenters. The molecule has 118 valence electrons. The summed E-state index contributed by atoms with van der Waals surface area (Å²) < 4.78 is 18.9. The van der Waals surface area contributed by atoms with E-state index in [2.05, 4.69) is 5.32 Å². The molecule has 1 aromatic rings. The number of rotatable bonds is 7. The number of halogens is 1. The first-order valence-electron chi connectivity index (χ1n) is 7.93. The SMILES string of the molecule is C[C@H](NCC(O)COC1CCCCC1)c1cccc(F)c1. The molecule has 1 unspecified atom stereocenters. The van der Waals surface area contributed by atoms with Crippen LogP contribution in [-0.2, 0) is 4.74 Å². The third-order valence-corrected chi connectivity index (χ3v) is 4.08. The molecular weight excluding hydrogens is 269 g/mol. The van der Waals surface area contributed by atoms with Crippen LogP contribution in [0.25, 0.3) is 0 Å². The summed E-state index contributed by atoms with van der Waals surface area (Å²) in [6, 6.07) is 6.54. The fraction of sp³-hybridized carbons (Fsp3) is 0.647. The maximum absolute atomic E-state index is 13.2. The van der Waals surface area contributed by atoms with Gasteiger partial charge in [-0.3, -0.25) is 0 Å². The van der Waals surface area contributed by atoms with E-state index < -0.39 is 6.10 Å². The molecule has 1 aliphatic carbocycles. The van der Waals surface area contributed by atoms with Crippen molar-refractivity contribution in [1.29, 1.82) is 0 Å². The summed E-state index contributed by atoms with van der Waals surface area (Å²) in [5.41, 5.74) is 0.885. The van der Waals surface area contributed by atoms with E-state index in [9.17, 15) is 9.50 Å². The second-order valence-corrected chi connectivity index (χ2v) is 5.93. The minimum absolute atomic E-state index is 0.00466. The lowest BCUT2D eigenvalue weighted by molar-refractivity contribution is -0.0235. The zero-order valence-corrected chi connectivity index (χ0v) is 12.7. The normalized spacial score (nSPS) is 19.4. The summed E-state index contributed by atoms with van der Waals surface area (Å²) in [5, 5.41) is 13.2. The summed E-state index contributed by atoms with van der Waals surface area (Å²) in [4.78, 5) is 0. The number of benzene rings is 1. The maximum atomic E-state index is 13.2. The van der Waals surface area contributed by atoms with E-state index in [0.717, 1.165) is 18.4 Å². The van der Waals surface area contributed by atoms with E-state index in [0.29, 0.717) is 19.3 Å². The Morgan fingerprint density at radius 3 is 2.81 bits per heavy atom. The van der Waals surface area contributed by atoms with Crippen LogP contribution < -0.4 is 5.32 Å². The lowest BCUT2D eigenvalue weighted by Gasteiger charge is -2.24. The van der Waals surface area contributed by atoms with E-state index in [1.54, 1.807) is 6.07 Å². The Kier molecular flexibility index (Phi) is 6.61. The first-order valence-corrected chi connectivity index (χ1v) is 7.93. The number of hydrogen-bond acceptors (Lipinski definition) is 3. The molecule has 21 heavy (non-hydrogen) atoms. The monoisotopic (exact) mass is 295 g/mol. The van der Waals surface area contributed by atoms with Crippen molar-refractivity contribution >= 4 is 0 Å². The van der Waals surface area contributed by atoms with Gasteiger partial charge in [-0.25, -0.2) is 4.39 Å². The quantitative estimate of drug-likeness (QED) is 0.812. The largest absolute Gasteiger partial charge is 0.389 e. The predicted octanol–water partition coefficient (Wildman–Crippen LogP) is 3.19. The van der Waals surface area contributed by atoms with Gasteiger partial charge < -0.3 is 15.2 Å². The molecule has 0 bridgehead atoms. The summed E-state index contributed by atoms with van der Waals surface area (Å²) in [6.07, 6.45) is 5.78. The van der Waals surface area contributed by atoms with E-state index in [1.165, 1.54) is 31.4 Å². The zero-order chi connectivity index (χ0) is 15.1. The molecule has 0 radical (unpaired) electrons. The van der Waals surface area contributed by atoms with Crippen LogP contribution >= 0.6 is 0 Å². The van der Waals surface area contributed by atoms with Crippen molar-refractivity contribution in [3.63, 3.8) is 0 Å². The van der Waals surface area contributed by atoms with Gasteiger partial charge in [-0.05, 0) is 37.5 Å². The second kappa shape index (κ2) is 8.47. The highest BCUT2D eigenvalue weighted by atomic mass is 19.1. The topological polar surface area (TPSA) is 41.5 Å². The van der Waals surface area contributed by atoms with Gasteiger partial charge in [0.2, 0.25) is 0 Å². The maximum Gasteiger partial charge on any atom is 0.123 e. The van der Waals surface area contributed by atoms with Crippen LogP contribution in [0.4, 0.5) is 4.39 Å². The summed E-state index contributed by atoms with van der Waals surface area (Å²) >= 11 is 0. The molecule has 1 fully saturated rings. The Hall–Kier alpha value is -0.970. The highest BCUT2D eigenvalue weighted by Gasteiger charge is 2.16. The standard InChI is InChI=1S/C17H26FNO2/c1-13(14-6-5-7-15(18)10-14)19-11-16(20)12-21-17-8-3-2-4-9-17/h5-7,10,13,16-17,19-20H,2-4,8-9,11-12H2,1H3/t13-,16?/m0/s1. The minimum Gasteiger partial charge on any atom is -0.389 e. The van der Waals surface area contributed by atoms with Gasteiger partial charge in [0.25, 0.3) is 0 Å². The zero-order valence-electron chi connectivity index (χ0n) is 12.7. The lowest BCUT2D eigenvalue weighted by atomic mass is 9.98. The third kappa shape index (κ3) is 5.73. The van der Waals surface area contributed by atoms with Gasteiger partial charge in [0, 0.05) is 12.6 Å². The van der Waals surface area contributed by atoms with Gasteiger partial charge in [0.15, 0.2) is 0 Å². The number of aliphatic hydroxyl groups excluding tert-OH is 1. The van der Waals surface area contributed by atoms with Crippen molar-refractivity contribution in [2.45, 2.75) is 57.3 Å². The summed E-state index contributed by atoms with van der Waals surface area (Å²) in [7, 11) is 0. The second-order valence-electron chi connectivity index (χ2n) is 5.93. The molecule has 1 aromatic carbocycles. The summed E-state index contributed by atoms with van der Waals surface area (Å²) in [5.74, 6) is -0.234. The van der Waals surface area contributed by atoms with Gasteiger partial charge in [-0.1, -0.05) is 31.4 Å². The fourth-order valence-electron chi connectivity index (χ4n) is 2.74. The fourth-order valence-corrected chi connectivity index (χ4v) is 2.74. The van der Waals surface area contributed by atoms with Crippen molar-refractivity contribution < 1.29 is 14.2 Å². The molecule has 4 heteroatoms. The first kappa shape index (κ1) is 16.4. The molecule has 0 aromatic heterocycles. The molecule has 0 heterocycles. The molecular formula is C17H26FNO2. The lowest BCUT2D eigenvalue weighted by Crippen LogP contribution is -2.33. The Bertz CT molecular complexity index is 421. The molecule has 0 spiro atoms. The molecule has 2 N–H and O–H groups in total. The van der Waals surface area contributed by atoms with Crippen molar-refractivity contribution in [3.05, 3.63) is 35.6 Å². The Morgan fingerprint density at radius 2 is 2.10 bits per heavy atom. The van der Waals surface area contributed by atoms with Crippen LogP contribution in [-0.4, -0.2) is 30.5 Å². The van der Waals surface area contributed by atoms with Gasteiger partial charge in [-0.2, -0.15) is 0 Å². The Labute approximate surface area is 126 Å². The third-order valence-electron chi connectivity index (χ3n) is 4.08. The molecule has 1 aliphatic rings. The average molecular weight is 295 g/mol. The van der Waals surface area contributed by atoms with Crippen LogP contribution in [0.5, 0.6) is 0 Å². The number of aliphatic hydroxyl groups is 1. The highest BCUT2D eigenvalue weighted by molar-refractivity contribution is 5.19. The van der Waals surface area contributed by atoms with Crippen LogP contribution in [0, 0.1) is 5.82 Å². The molecule has 1 saturated carbocycles. The molecule has 3 nitrogen and oxygen atoms in total. The van der Waals surface area contributed by atoms with E-state index in [1.807, 2.05) is 13.0 Å². The Balaban J connectivity index is 1.67. The number of nitrogens with one attached hydrogen (secondary N) is 1. The molecule has 0 amide bonds. The average Bonchev–Trinajstić information content (AvgIpc) is 2.51. The molecule has 0 aliphatic heterocycles. The number of ether oxygens (including phenoxy) is 1. The molecule has 2 rings (SSSR count). The Morgan fingerprint density at radius 1 is 1.33 bits per heavy atom. The van der Waals surface area contributed by atoms with Gasteiger partial charge >= 0.3 is 0 Å². The number of hydrogen-bond donors (Lipinski definition) is 2.